The van der Waals surface area contributed by atoms with Gasteiger partial charge in [0, 0.05) is 19.6 Å². The van der Waals surface area contributed by atoms with E-state index < -0.39 is 0 Å². The first-order chi connectivity index (χ1) is 8.52. The van der Waals surface area contributed by atoms with Crippen molar-refractivity contribution in [1.82, 2.24) is 14.7 Å². The van der Waals surface area contributed by atoms with Gasteiger partial charge in [-0.1, -0.05) is 13.8 Å². The molecular formula is C14H24BrN3. The maximum absolute atomic E-state index is 4.58. The third-order valence-corrected chi connectivity index (χ3v) is 5.05. The molecular weight excluding hydrogens is 290 g/mol. The van der Waals surface area contributed by atoms with Crippen molar-refractivity contribution in [3.05, 3.63) is 15.9 Å². The minimum atomic E-state index is 0.681. The molecule has 2 rings (SSSR count). The van der Waals surface area contributed by atoms with Gasteiger partial charge in [-0.25, -0.2) is 0 Å². The van der Waals surface area contributed by atoms with Crippen molar-refractivity contribution >= 4 is 15.9 Å². The Bertz CT molecular complexity index is 413. The molecule has 1 saturated heterocycles. The molecule has 0 spiro atoms. The number of aryl methyl sites for hydroxylation is 2. The van der Waals surface area contributed by atoms with Crippen molar-refractivity contribution in [2.75, 3.05) is 6.54 Å². The fourth-order valence-electron chi connectivity index (χ4n) is 2.87. The van der Waals surface area contributed by atoms with Gasteiger partial charge in [-0.15, -0.1) is 0 Å². The number of likely N-dealkylation sites (tertiary alicyclic amines) is 1. The lowest BCUT2D eigenvalue weighted by molar-refractivity contribution is 0.119. The highest BCUT2D eigenvalue weighted by Gasteiger charge is 2.25. The van der Waals surface area contributed by atoms with Crippen LogP contribution in [0.4, 0.5) is 0 Å². The summed E-state index contributed by atoms with van der Waals surface area (Å²) in [6.07, 6.45) is 3.62. The topological polar surface area (TPSA) is 21.1 Å². The Balaban J connectivity index is 2.12. The molecule has 2 unspecified atom stereocenters. The number of hydrogen-bond acceptors (Lipinski definition) is 2. The van der Waals surface area contributed by atoms with Crippen LogP contribution in [0, 0.1) is 5.92 Å². The maximum atomic E-state index is 4.58. The van der Waals surface area contributed by atoms with Crippen molar-refractivity contribution in [3.8, 4) is 0 Å². The molecule has 1 aliphatic rings. The molecule has 1 aromatic heterocycles. The van der Waals surface area contributed by atoms with Gasteiger partial charge in [0.15, 0.2) is 0 Å². The Hall–Kier alpha value is -0.350. The fraction of sp³-hybridized carbons (Fsp3) is 0.786. The van der Waals surface area contributed by atoms with Crippen molar-refractivity contribution in [3.63, 3.8) is 0 Å². The van der Waals surface area contributed by atoms with Gasteiger partial charge in [0.2, 0.25) is 0 Å². The summed E-state index contributed by atoms with van der Waals surface area (Å²) in [5.41, 5.74) is 2.48. The molecule has 0 aliphatic carbocycles. The standard InChI is InChI=1S/C14H24BrN3/c1-5-12-14(15)13(17(4)16-12)9-18-7-6-10(2)8-11(18)3/h10-11H,5-9H2,1-4H3. The molecule has 0 bridgehead atoms. The molecule has 0 saturated carbocycles. The fourth-order valence-corrected chi connectivity index (χ4v) is 3.62. The van der Waals surface area contributed by atoms with Crippen LogP contribution in [0.5, 0.6) is 0 Å². The van der Waals surface area contributed by atoms with Crippen molar-refractivity contribution in [1.29, 1.82) is 0 Å². The van der Waals surface area contributed by atoms with E-state index in [1.165, 1.54) is 35.2 Å². The average molecular weight is 314 g/mol. The first-order valence-electron chi connectivity index (χ1n) is 6.97. The van der Waals surface area contributed by atoms with Gasteiger partial charge in [0.05, 0.1) is 15.9 Å². The van der Waals surface area contributed by atoms with E-state index in [1.807, 2.05) is 4.68 Å². The van der Waals surface area contributed by atoms with Gasteiger partial charge in [-0.3, -0.25) is 9.58 Å². The third-order valence-electron chi connectivity index (χ3n) is 4.13. The lowest BCUT2D eigenvalue weighted by atomic mass is 9.93. The van der Waals surface area contributed by atoms with E-state index in [0.717, 1.165) is 18.9 Å². The number of piperidine rings is 1. The molecule has 1 fully saturated rings. The summed E-state index contributed by atoms with van der Waals surface area (Å²) >= 11 is 3.71. The summed E-state index contributed by atoms with van der Waals surface area (Å²) in [4.78, 5) is 2.58. The maximum Gasteiger partial charge on any atom is 0.0767 e. The molecule has 0 amide bonds. The monoisotopic (exact) mass is 313 g/mol. The summed E-state index contributed by atoms with van der Waals surface area (Å²) in [5, 5.41) is 4.58. The van der Waals surface area contributed by atoms with Crippen LogP contribution < -0.4 is 0 Å². The molecule has 102 valence electrons. The molecule has 18 heavy (non-hydrogen) atoms. The SMILES string of the molecule is CCc1nn(C)c(CN2CCC(C)CC2C)c1Br. The normalized spacial score (nSPS) is 25.6. The predicted molar refractivity (Wildman–Crippen MR) is 78.6 cm³/mol. The summed E-state index contributed by atoms with van der Waals surface area (Å²) < 4.78 is 3.24. The van der Waals surface area contributed by atoms with E-state index >= 15 is 0 Å². The zero-order chi connectivity index (χ0) is 13.3. The van der Waals surface area contributed by atoms with Crippen LogP contribution in [0.3, 0.4) is 0 Å². The highest BCUT2D eigenvalue weighted by atomic mass is 79.9. The minimum Gasteiger partial charge on any atom is -0.295 e. The van der Waals surface area contributed by atoms with E-state index in [1.54, 1.807) is 0 Å². The van der Waals surface area contributed by atoms with Crippen molar-refractivity contribution < 1.29 is 0 Å². The molecule has 2 heterocycles. The second kappa shape index (κ2) is 5.74. The molecule has 4 heteroatoms. The molecule has 1 aliphatic heterocycles. The third kappa shape index (κ3) is 2.80. The van der Waals surface area contributed by atoms with Gasteiger partial charge in [0.1, 0.15) is 0 Å². The summed E-state index contributed by atoms with van der Waals surface area (Å²) in [7, 11) is 2.05. The number of nitrogens with zero attached hydrogens (tertiary/aromatic N) is 3. The smallest absolute Gasteiger partial charge is 0.0767 e. The van der Waals surface area contributed by atoms with Crippen molar-refractivity contribution in [2.45, 2.75) is 52.6 Å². The van der Waals surface area contributed by atoms with E-state index in [2.05, 4.69) is 53.7 Å². The molecule has 1 aromatic rings. The van der Waals surface area contributed by atoms with Crippen LogP contribution in [0.1, 0.15) is 45.0 Å². The zero-order valence-electron chi connectivity index (χ0n) is 11.9. The molecule has 0 radical (unpaired) electrons. The number of hydrogen-bond donors (Lipinski definition) is 0. The van der Waals surface area contributed by atoms with Crippen LogP contribution in [-0.2, 0) is 20.0 Å². The molecule has 2 atom stereocenters. The second-order valence-corrected chi connectivity index (χ2v) is 6.43. The highest BCUT2D eigenvalue weighted by molar-refractivity contribution is 9.10. The Morgan fingerprint density at radius 3 is 2.67 bits per heavy atom. The van der Waals surface area contributed by atoms with Gasteiger partial charge < -0.3 is 0 Å². The molecule has 0 N–H and O–H groups in total. The Labute approximate surface area is 119 Å². The van der Waals surface area contributed by atoms with Gasteiger partial charge in [-0.05, 0) is 54.6 Å². The van der Waals surface area contributed by atoms with Crippen LogP contribution in [0.2, 0.25) is 0 Å². The Morgan fingerprint density at radius 2 is 2.11 bits per heavy atom. The molecule has 0 aromatic carbocycles. The molecule has 3 nitrogen and oxygen atoms in total. The predicted octanol–water partition coefficient (Wildman–Crippen LogP) is 3.37. The van der Waals surface area contributed by atoms with Gasteiger partial charge in [-0.2, -0.15) is 5.10 Å². The largest absolute Gasteiger partial charge is 0.295 e. The summed E-state index contributed by atoms with van der Waals surface area (Å²) in [6.45, 7) is 9.09. The number of aromatic nitrogens is 2. The van der Waals surface area contributed by atoms with E-state index in [9.17, 15) is 0 Å². The van der Waals surface area contributed by atoms with Gasteiger partial charge in [0.25, 0.3) is 0 Å². The van der Waals surface area contributed by atoms with Crippen LogP contribution in [0.25, 0.3) is 0 Å². The average Bonchev–Trinajstić information content (AvgIpc) is 2.59. The van der Waals surface area contributed by atoms with Crippen LogP contribution >= 0.6 is 15.9 Å². The Kier molecular flexibility index (Phi) is 4.49. The summed E-state index contributed by atoms with van der Waals surface area (Å²) in [5.74, 6) is 0.873. The van der Waals surface area contributed by atoms with Crippen LogP contribution in [-0.4, -0.2) is 27.3 Å². The van der Waals surface area contributed by atoms with E-state index in [0.29, 0.717) is 6.04 Å². The lowest BCUT2D eigenvalue weighted by Crippen LogP contribution is -2.40. The summed E-state index contributed by atoms with van der Waals surface area (Å²) in [6, 6.07) is 0.681. The first kappa shape index (κ1) is 14.1. The second-order valence-electron chi connectivity index (χ2n) is 5.63. The Morgan fingerprint density at radius 1 is 1.39 bits per heavy atom. The van der Waals surface area contributed by atoms with Crippen LogP contribution in [0.15, 0.2) is 4.47 Å². The first-order valence-corrected chi connectivity index (χ1v) is 7.76. The van der Waals surface area contributed by atoms with E-state index in [-0.39, 0.29) is 0 Å². The van der Waals surface area contributed by atoms with Crippen molar-refractivity contribution in [2.24, 2.45) is 13.0 Å². The number of halogens is 1. The van der Waals surface area contributed by atoms with Gasteiger partial charge >= 0.3 is 0 Å². The van der Waals surface area contributed by atoms with E-state index in [4.69, 9.17) is 0 Å². The quantitative estimate of drug-likeness (QED) is 0.853. The highest BCUT2D eigenvalue weighted by Crippen LogP contribution is 2.27. The number of rotatable bonds is 3. The minimum absolute atomic E-state index is 0.681. The zero-order valence-corrected chi connectivity index (χ0v) is 13.5. The lowest BCUT2D eigenvalue weighted by Gasteiger charge is -2.36.